The minimum absolute atomic E-state index is 0.0656. The molecule has 0 radical (unpaired) electrons. The van der Waals surface area contributed by atoms with Gasteiger partial charge >= 0.3 is 17.5 Å². The normalized spacial score (nSPS) is 14.4. The molecule has 11 nitrogen and oxygen atoms in total. The molecule has 33 heavy (non-hydrogen) atoms. The lowest BCUT2D eigenvalue weighted by molar-refractivity contribution is 0.0903. The van der Waals surface area contributed by atoms with Gasteiger partial charge in [-0.15, -0.1) is 0 Å². The van der Waals surface area contributed by atoms with Crippen molar-refractivity contribution >= 4 is 5.91 Å². The Kier molecular flexibility index (Phi) is 6.73. The van der Waals surface area contributed by atoms with Crippen LogP contribution in [0.1, 0.15) is 36.9 Å². The summed E-state index contributed by atoms with van der Waals surface area (Å²) in [5.74, 6) is -1.58. The van der Waals surface area contributed by atoms with E-state index in [9.17, 15) is 18.8 Å². The van der Waals surface area contributed by atoms with Gasteiger partial charge in [0.2, 0.25) is 5.82 Å². The van der Waals surface area contributed by atoms with E-state index in [0.29, 0.717) is 6.54 Å². The molecule has 0 bridgehead atoms. The van der Waals surface area contributed by atoms with Gasteiger partial charge in [-0.3, -0.25) is 14.2 Å². The highest BCUT2D eigenvalue weighted by Crippen LogP contribution is 2.11. The highest BCUT2D eigenvalue weighted by Gasteiger charge is 2.22. The Balaban J connectivity index is 1.57. The molecule has 1 fully saturated rings. The Hall–Kier alpha value is -3.67. The number of halogens is 1. The summed E-state index contributed by atoms with van der Waals surface area (Å²) in [6.07, 6.45) is 3.54. The van der Waals surface area contributed by atoms with Crippen LogP contribution in [0, 0.1) is 5.82 Å². The zero-order valence-corrected chi connectivity index (χ0v) is 18.2. The fourth-order valence-electron chi connectivity index (χ4n) is 3.68. The topological polar surface area (TPSA) is 128 Å². The van der Waals surface area contributed by atoms with E-state index in [2.05, 4.69) is 25.5 Å². The Morgan fingerprint density at radius 3 is 2.58 bits per heavy atom. The van der Waals surface area contributed by atoms with Gasteiger partial charge in [-0.2, -0.15) is 14.8 Å². The number of nitrogens with one attached hydrogen (secondary N) is 1. The van der Waals surface area contributed by atoms with Crippen LogP contribution in [0.3, 0.4) is 0 Å². The van der Waals surface area contributed by atoms with Gasteiger partial charge in [0.15, 0.2) is 5.69 Å². The van der Waals surface area contributed by atoms with E-state index in [1.54, 1.807) is 6.92 Å². The summed E-state index contributed by atoms with van der Waals surface area (Å²) in [5, 5.41) is 10.5. The zero-order chi connectivity index (χ0) is 23.4. The predicted molar refractivity (Wildman–Crippen MR) is 116 cm³/mol. The number of hydrogen-bond donors (Lipinski definition) is 1. The standard InChI is InChI=1S/C21H24FN7O4/c1-2-28-20(31)16(25-29(21(28)32)15-8-6-14(22)7-9-15)17-24-19(33-26-17)18(30)23-10-13-27-11-4-3-5-12-27/h6-9H,2-5,10-13H2,1H3,(H,23,30). The maximum absolute atomic E-state index is 13.3. The molecule has 3 aromatic rings. The fourth-order valence-corrected chi connectivity index (χ4v) is 3.68. The smallest absolute Gasteiger partial charge is 0.347 e. The number of nitrogens with zero attached hydrogens (tertiary/aromatic N) is 6. The molecule has 1 saturated heterocycles. The van der Waals surface area contributed by atoms with Crippen LogP contribution in [-0.4, -0.2) is 61.5 Å². The van der Waals surface area contributed by atoms with E-state index >= 15 is 0 Å². The highest BCUT2D eigenvalue weighted by atomic mass is 19.1. The molecule has 2 aromatic heterocycles. The van der Waals surface area contributed by atoms with Crippen molar-refractivity contribution in [2.75, 3.05) is 26.2 Å². The van der Waals surface area contributed by atoms with Crippen LogP contribution >= 0.6 is 0 Å². The highest BCUT2D eigenvalue weighted by molar-refractivity contribution is 5.89. The van der Waals surface area contributed by atoms with Gasteiger partial charge < -0.3 is 14.7 Å². The second kappa shape index (κ2) is 9.86. The molecule has 3 heterocycles. The lowest BCUT2D eigenvalue weighted by atomic mass is 10.1. The predicted octanol–water partition coefficient (Wildman–Crippen LogP) is 0.819. The van der Waals surface area contributed by atoms with Crippen LogP contribution in [0.2, 0.25) is 0 Å². The first-order valence-corrected chi connectivity index (χ1v) is 10.8. The Labute approximate surface area is 187 Å². The van der Waals surface area contributed by atoms with Crippen LogP contribution in [0.5, 0.6) is 0 Å². The summed E-state index contributed by atoms with van der Waals surface area (Å²) in [5.41, 5.74) is -1.43. The second-order valence-electron chi connectivity index (χ2n) is 7.65. The number of amides is 1. The molecule has 174 valence electrons. The average molecular weight is 457 g/mol. The Morgan fingerprint density at radius 1 is 1.15 bits per heavy atom. The molecule has 1 aromatic carbocycles. The first-order valence-electron chi connectivity index (χ1n) is 10.8. The average Bonchev–Trinajstić information content (AvgIpc) is 3.31. The monoisotopic (exact) mass is 457 g/mol. The molecular formula is C21H24FN7O4. The number of carbonyl (C=O) groups is 1. The van der Waals surface area contributed by atoms with Gasteiger partial charge in [0.05, 0.1) is 5.69 Å². The maximum Gasteiger partial charge on any atom is 0.352 e. The first kappa shape index (κ1) is 22.5. The van der Waals surface area contributed by atoms with Crippen molar-refractivity contribution in [2.24, 2.45) is 0 Å². The SMILES string of the molecule is CCn1c(=O)c(-c2noc(C(=O)NCCN3CCCCC3)n2)nn(-c2ccc(F)cc2)c1=O. The van der Waals surface area contributed by atoms with Crippen LogP contribution in [-0.2, 0) is 6.54 Å². The third-order valence-electron chi connectivity index (χ3n) is 5.44. The molecule has 12 heteroatoms. The van der Waals surface area contributed by atoms with Crippen molar-refractivity contribution in [3.63, 3.8) is 0 Å². The number of likely N-dealkylation sites (tertiary alicyclic amines) is 1. The van der Waals surface area contributed by atoms with Gasteiger partial charge in [0.25, 0.3) is 5.56 Å². The lowest BCUT2D eigenvalue weighted by Crippen LogP contribution is -2.41. The molecular weight excluding hydrogens is 433 g/mol. The summed E-state index contributed by atoms with van der Waals surface area (Å²) in [6.45, 7) is 4.86. The summed E-state index contributed by atoms with van der Waals surface area (Å²) in [7, 11) is 0. The molecule has 1 amide bonds. The van der Waals surface area contributed by atoms with Crippen LogP contribution in [0.4, 0.5) is 4.39 Å². The van der Waals surface area contributed by atoms with Crippen LogP contribution < -0.4 is 16.6 Å². The van der Waals surface area contributed by atoms with Gasteiger partial charge in [0, 0.05) is 19.6 Å². The summed E-state index contributed by atoms with van der Waals surface area (Å²) in [4.78, 5) is 44.1. The van der Waals surface area contributed by atoms with E-state index < -0.39 is 23.0 Å². The Bertz CT molecular complexity index is 1240. The minimum atomic E-state index is -0.723. The molecule has 0 spiro atoms. The largest absolute Gasteiger partial charge is 0.352 e. The summed E-state index contributed by atoms with van der Waals surface area (Å²) >= 11 is 0. The van der Waals surface area contributed by atoms with Gasteiger partial charge in [-0.25, -0.2) is 9.18 Å². The Morgan fingerprint density at radius 2 is 1.88 bits per heavy atom. The third-order valence-corrected chi connectivity index (χ3v) is 5.44. The molecule has 0 unspecified atom stereocenters. The van der Waals surface area contributed by atoms with E-state index in [1.807, 2.05) is 0 Å². The quantitative estimate of drug-likeness (QED) is 0.552. The number of rotatable bonds is 7. The van der Waals surface area contributed by atoms with Crippen LogP contribution in [0.25, 0.3) is 17.2 Å². The molecule has 1 N–H and O–H groups in total. The van der Waals surface area contributed by atoms with Crippen molar-refractivity contribution in [1.29, 1.82) is 0 Å². The molecule has 1 aliphatic heterocycles. The second-order valence-corrected chi connectivity index (χ2v) is 7.65. The zero-order valence-electron chi connectivity index (χ0n) is 18.2. The van der Waals surface area contributed by atoms with Crippen molar-refractivity contribution in [3.05, 3.63) is 56.8 Å². The van der Waals surface area contributed by atoms with E-state index in [4.69, 9.17) is 4.52 Å². The van der Waals surface area contributed by atoms with Gasteiger partial charge in [-0.1, -0.05) is 11.6 Å². The third kappa shape index (κ3) is 4.90. The van der Waals surface area contributed by atoms with E-state index in [1.165, 1.54) is 30.7 Å². The van der Waals surface area contributed by atoms with E-state index in [-0.39, 0.29) is 29.6 Å². The number of hydrogen-bond acceptors (Lipinski definition) is 8. The van der Waals surface area contributed by atoms with Gasteiger partial charge in [-0.05, 0) is 57.1 Å². The molecule has 0 atom stereocenters. The molecule has 0 aliphatic carbocycles. The molecule has 1 aliphatic rings. The molecule has 4 rings (SSSR count). The van der Waals surface area contributed by atoms with Crippen molar-refractivity contribution in [2.45, 2.75) is 32.7 Å². The maximum atomic E-state index is 13.3. The van der Waals surface area contributed by atoms with Crippen molar-refractivity contribution in [3.8, 4) is 17.2 Å². The van der Waals surface area contributed by atoms with Crippen molar-refractivity contribution < 1.29 is 13.7 Å². The fraction of sp³-hybridized carbons (Fsp3) is 0.429. The van der Waals surface area contributed by atoms with E-state index in [0.717, 1.165) is 41.7 Å². The number of carbonyl (C=O) groups excluding carboxylic acids is 1. The van der Waals surface area contributed by atoms with Crippen LogP contribution in [0.15, 0.2) is 38.4 Å². The minimum Gasteiger partial charge on any atom is -0.347 e. The first-order chi connectivity index (χ1) is 16.0. The summed E-state index contributed by atoms with van der Waals surface area (Å²) < 4.78 is 20.2. The number of benzene rings is 1. The van der Waals surface area contributed by atoms with Crippen molar-refractivity contribution in [1.82, 2.24) is 34.7 Å². The summed E-state index contributed by atoms with van der Waals surface area (Å²) in [6, 6.07) is 5.06. The number of aromatic nitrogens is 5. The van der Waals surface area contributed by atoms with Gasteiger partial charge in [0.1, 0.15) is 5.82 Å². The lowest BCUT2D eigenvalue weighted by Gasteiger charge is -2.26. The molecule has 0 saturated carbocycles. The number of piperidine rings is 1.